The third-order valence-electron chi connectivity index (χ3n) is 13.0. The van der Waals surface area contributed by atoms with Crippen LogP contribution in [0.1, 0.15) is 58.1 Å². The summed E-state index contributed by atoms with van der Waals surface area (Å²) in [5.41, 5.74) is 17.7. The van der Waals surface area contributed by atoms with Crippen molar-refractivity contribution >= 4 is 23.2 Å². The molecule has 5 nitrogen and oxygen atoms in total. The van der Waals surface area contributed by atoms with E-state index in [1.54, 1.807) is 0 Å². The van der Waals surface area contributed by atoms with E-state index in [-0.39, 0.29) is 18.1 Å². The second-order valence-corrected chi connectivity index (χ2v) is 17.5. The zero-order valence-electron chi connectivity index (χ0n) is 38.0. The van der Waals surface area contributed by atoms with Crippen LogP contribution in [-0.2, 0) is 0 Å². The first-order valence-corrected chi connectivity index (χ1v) is 23.3. The normalized spacial score (nSPS) is 16.7. The van der Waals surface area contributed by atoms with Gasteiger partial charge < -0.3 is 5.32 Å². The molecule has 0 saturated heterocycles. The molecule has 0 radical (unpaired) electrons. The SMILES string of the molecule is Cc1ccc(C2=NC(c3ccc(-c4ccccc4)cc3)NC(c3ccccc3)=N2)cc1-c1cccc(-c2cccc(-c3cccc(C4=NC(c5ccccc5)C(C)C(c5ccccc5)=N4)c3)c2)c1. The van der Waals surface area contributed by atoms with E-state index >= 15 is 0 Å². The Balaban J connectivity index is 0.905. The molecule has 3 unspecified atom stereocenters. The zero-order valence-corrected chi connectivity index (χ0v) is 38.0. The fourth-order valence-corrected chi connectivity index (χ4v) is 9.36. The van der Waals surface area contributed by atoms with Gasteiger partial charge in [-0.05, 0) is 98.0 Å². The molecule has 0 saturated carbocycles. The van der Waals surface area contributed by atoms with Crippen molar-refractivity contribution in [2.75, 3.05) is 0 Å². The summed E-state index contributed by atoms with van der Waals surface area (Å²) in [5.74, 6) is 2.36. The second kappa shape index (κ2) is 18.7. The quantitative estimate of drug-likeness (QED) is 0.146. The summed E-state index contributed by atoms with van der Waals surface area (Å²) in [6.45, 7) is 4.41. The summed E-state index contributed by atoms with van der Waals surface area (Å²) < 4.78 is 0. The molecular weight excluding hydrogens is 827 g/mol. The number of rotatable bonds is 10. The van der Waals surface area contributed by atoms with Gasteiger partial charge in [0.15, 0.2) is 11.7 Å². The number of hydrogen-bond acceptors (Lipinski definition) is 5. The molecule has 0 amide bonds. The molecule has 0 bridgehead atoms. The van der Waals surface area contributed by atoms with Crippen LogP contribution in [0, 0.1) is 12.8 Å². The second-order valence-electron chi connectivity index (χ2n) is 17.5. The molecule has 2 aliphatic rings. The van der Waals surface area contributed by atoms with E-state index < -0.39 is 0 Å². The molecule has 5 heteroatoms. The van der Waals surface area contributed by atoms with Gasteiger partial charge in [-0.15, -0.1) is 0 Å². The number of benzene rings is 9. The molecule has 0 spiro atoms. The maximum atomic E-state index is 5.32. The Hall–Kier alpha value is -8.54. The highest BCUT2D eigenvalue weighted by Gasteiger charge is 2.29. The molecule has 0 fully saturated rings. The maximum absolute atomic E-state index is 5.32. The fraction of sp³-hybridized carbons (Fsp3) is 0.0794. The lowest BCUT2D eigenvalue weighted by molar-refractivity contribution is 0.592. The van der Waals surface area contributed by atoms with Gasteiger partial charge in [-0.3, -0.25) is 4.99 Å². The average Bonchev–Trinajstić information content (AvgIpc) is 3.42. The van der Waals surface area contributed by atoms with Crippen molar-refractivity contribution in [1.82, 2.24) is 5.32 Å². The number of aryl methyl sites for hydroxylation is 1. The monoisotopic (exact) mass is 875 g/mol. The fourth-order valence-electron chi connectivity index (χ4n) is 9.36. The van der Waals surface area contributed by atoms with Gasteiger partial charge in [-0.1, -0.05) is 219 Å². The minimum absolute atomic E-state index is 0.0463. The summed E-state index contributed by atoms with van der Waals surface area (Å²) in [7, 11) is 0. The van der Waals surface area contributed by atoms with E-state index in [9.17, 15) is 0 Å². The molecule has 68 heavy (non-hydrogen) atoms. The largest absolute Gasteiger partial charge is 0.344 e. The van der Waals surface area contributed by atoms with Crippen LogP contribution < -0.4 is 5.32 Å². The Morgan fingerprint density at radius 1 is 0.353 bits per heavy atom. The van der Waals surface area contributed by atoms with Crippen molar-refractivity contribution in [3.8, 4) is 44.5 Å². The molecule has 3 atom stereocenters. The van der Waals surface area contributed by atoms with E-state index in [0.717, 1.165) is 78.6 Å². The Morgan fingerprint density at radius 3 is 1.44 bits per heavy atom. The predicted molar refractivity (Wildman–Crippen MR) is 283 cm³/mol. The van der Waals surface area contributed by atoms with Crippen LogP contribution in [-0.4, -0.2) is 23.2 Å². The van der Waals surface area contributed by atoms with Crippen LogP contribution in [0.2, 0.25) is 0 Å². The molecule has 9 aromatic rings. The highest BCUT2D eigenvalue weighted by Crippen LogP contribution is 2.36. The lowest BCUT2D eigenvalue weighted by atomic mass is 9.86. The number of hydrogen-bond donors (Lipinski definition) is 1. The number of aliphatic imine (C=N–C) groups is 4. The lowest BCUT2D eigenvalue weighted by Crippen LogP contribution is -2.33. The van der Waals surface area contributed by atoms with E-state index in [4.69, 9.17) is 20.0 Å². The summed E-state index contributed by atoms with van der Waals surface area (Å²) in [5, 5.41) is 3.63. The average molecular weight is 876 g/mol. The molecule has 2 heterocycles. The number of amidine groups is 3. The van der Waals surface area contributed by atoms with Gasteiger partial charge in [0.1, 0.15) is 12.0 Å². The van der Waals surface area contributed by atoms with Crippen LogP contribution in [0.5, 0.6) is 0 Å². The molecule has 0 aromatic heterocycles. The maximum Gasteiger partial charge on any atom is 0.159 e. The third-order valence-corrected chi connectivity index (χ3v) is 13.0. The molecule has 0 aliphatic carbocycles. The topological polar surface area (TPSA) is 61.5 Å². The number of nitrogens with one attached hydrogen (secondary N) is 1. The van der Waals surface area contributed by atoms with E-state index in [1.165, 1.54) is 22.3 Å². The summed E-state index contributed by atoms with van der Waals surface area (Å²) in [6.07, 6.45) is -0.311. The van der Waals surface area contributed by atoms with Gasteiger partial charge in [0, 0.05) is 22.6 Å². The summed E-state index contributed by atoms with van der Waals surface area (Å²) in [6, 6.07) is 83.4. The van der Waals surface area contributed by atoms with E-state index in [1.807, 2.05) is 24.3 Å². The minimum atomic E-state index is -0.311. The minimum Gasteiger partial charge on any atom is -0.344 e. The van der Waals surface area contributed by atoms with Crippen LogP contribution in [0.15, 0.2) is 257 Å². The molecule has 1 N–H and O–H groups in total. The molecular formula is C63H49N5. The van der Waals surface area contributed by atoms with Gasteiger partial charge in [0.2, 0.25) is 0 Å². The van der Waals surface area contributed by atoms with Gasteiger partial charge in [0.05, 0.1) is 11.8 Å². The van der Waals surface area contributed by atoms with Crippen molar-refractivity contribution in [2.24, 2.45) is 25.9 Å². The standard InChI is InChI=1S/C63H49N5/c1-42-32-33-56(63-67-60(48-24-13-6-14-25-48)66-61(68-63)49-36-34-45(35-37-49)44-18-7-3-8-19-44)41-57(42)54-30-16-28-52(39-54)50-26-15-27-51(38-50)53-29-17-31-55(40-53)62-64-58(46-20-9-4-10-21-46)43(2)59(65-62)47-22-11-5-12-23-47/h3-41,43,58,61H,1-2H3,(H,66,67,68). The smallest absolute Gasteiger partial charge is 0.159 e. The van der Waals surface area contributed by atoms with Gasteiger partial charge in [-0.25, -0.2) is 15.0 Å². The van der Waals surface area contributed by atoms with E-state index in [2.05, 4.69) is 231 Å². The molecule has 2 aliphatic heterocycles. The van der Waals surface area contributed by atoms with Crippen molar-refractivity contribution in [3.63, 3.8) is 0 Å². The van der Waals surface area contributed by atoms with Gasteiger partial charge in [0.25, 0.3) is 0 Å². The highest BCUT2D eigenvalue weighted by atomic mass is 15.2. The van der Waals surface area contributed by atoms with Crippen molar-refractivity contribution in [3.05, 3.63) is 276 Å². The molecule has 326 valence electrons. The predicted octanol–water partition coefficient (Wildman–Crippen LogP) is 14.8. The van der Waals surface area contributed by atoms with Crippen molar-refractivity contribution in [1.29, 1.82) is 0 Å². The molecule has 9 aromatic carbocycles. The van der Waals surface area contributed by atoms with Crippen LogP contribution in [0.25, 0.3) is 44.5 Å². The summed E-state index contributed by atoms with van der Waals surface area (Å²) in [4.78, 5) is 21.0. The van der Waals surface area contributed by atoms with Crippen molar-refractivity contribution < 1.29 is 0 Å². The first-order valence-electron chi connectivity index (χ1n) is 23.3. The first-order chi connectivity index (χ1) is 33.5. The first kappa shape index (κ1) is 42.1. The Morgan fingerprint density at radius 2 is 0.809 bits per heavy atom. The van der Waals surface area contributed by atoms with Gasteiger partial charge in [-0.2, -0.15) is 0 Å². The van der Waals surface area contributed by atoms with Crippen LogP contribution in [0.4, 0.5) is 0 Å². The Labute approximate surface area is 398 Å². The number of nitrogens with zero attached hydrogens (tertiary/aromatic N) is 4. The Kier molecular flexibility index (Phi) is 11.6. The zero-order chi connectivity index (χ0) is 45.8. The van der Waals surface area contributed by atoms with E-state index in [0.29, 0.717) is 5.84 Å². The third kappa shape index (κ3) is 8.78. The van der Waals surface area contributed by atoms with Crippen LogP contribution >= 0.6 is 0 Å². The van der Waals surface area contributed by atoms with Crippen LogP contribution in [0.3, 0.4) is 0 Å². The lowest BCUT2D eigenvalue weighted by Gasteiger charge is -2.28. The highest BCUT2D eigenvalue weighted by molar-refractivity contribution is 6.15. The Bertz CT molecular complexity index is 3370. The molecule has 11 rings (SSSR count). The van der Waals surface area contributed by atoms with Crippen molar-refractivity contribution in [2.45, 2.75) is 26.1 Å². The van der Waals surface area contributed by atoms with Gasteiger partial charge >= 0.3 is 0 Å². The summed E-state index contributed by atoms with van der Waals surface area (Å²) >= 11 is 0.